The van der Waals surface area contributed by atoms with E-state index < -0.39 is 0 Å². The summed E-state index contributed by atoms with van der Waals surface area (Å²) in [4.78, 5) is 16.3. The SMILES string of the molecule is C=C(/C=C/C=C1\C=CN(CCCC(=O)NCCN)c2ccccc21)Sc1ccccc1C. The number of aryl methyl sites for hydroxylation is 1. The average Bonchev–Trinajstić information content (AvgIpc) is 2.80. The number of carbonyl (C=O) groups excluding carboxylic acids is 1. The Labute approximate surface area is 195 Å². The predicted molar refractivity (Wildman–Crippen MR) is 138 cm³/mol. The van der Waals surface area contributed by atoms with Gasteiger partial charge in [0.15, 0.2) is 0 Å². The highest BCUT2D eigenvalue weighted by atomic mass is 32.2. The maximum atomic E-state index is 11.8. The lowest BCUT2D eigenvalue weighted by molar-refractivity contribution is -0.121. The highest BCUT2D eigenvalue weighted by Gasteiger charge is 2.15. The Balaban J connectivity index is 1.62. The molecular weight excluding hydrogens is 414 g/mol. The van der Waals surface area contributed by atoms with E-state index in [9.17, 15) is 4.79 Å². The summed E-state index contributed by atoms with van der Waals surface area (Å²) in [5.41, 5.74) is 10.2. The Morgan fingerprint density at radius 3 is 2.78 bits per heavy atom. The topological polar surface area (TPSA) is 58.4 Å². The van der Waals surface area contributed by atoms with Crippen molar-refractivity contribution in [2.24, 2.45) is 5.73 Å². The molecule has 0 fully saturated rings. The van der Waals surface area contributed by atoms with Crippen molar-refractivity contribution in [2.45, 2.75) is 24.7 Å². The Bertz CT molecular complexity index is 1040. The zero-order valence-corrected chi connectivity index (χ0v) is 19.4. The molecule has 0 saturated heterocycles. The molecule has 3 rings (SSSR count). The maximum absolute atomic E-state index is 11.8. The largest absolute Gasteiger partial charge is 0.355 e. The number of nitrogens with one attached hydrogen (secondary N) is 1. The first-order valence-corrected chi connectivity index (χ1v) is 11.7. The molecule has 1 heterocycles. The predicted octanol–water partition coefficient (Wildman–Crippen LogP) is 5.43. The number of allylic oxidation sites excluding steroid dienone is 5. The maximum Gasteiger partial charge on any atom is 0.220 e. The van der Waals surface area contributed by atoms with E-state index in [0.29, 0.717) is 19.5 Å². The van der Waals surface area contributed by atoms with Gasteiger partial charge in [0.2, 0.25) is 5.91 Å². The molecule has 0 aliphatic carbocycles. The third-order valence-corrected chi connectivity index (χ3v) is 6.20. The molecule has 0 saturated carbocycles. The van der Waals surface area contributed by atoms with Gasteiger partial charge in [0.1, 0.15) is 0 Å². The van der Waals surface area contributed by atoms with Crippen LogP contribution in [0.2, 0.25) is 0 Å². The molecule has 2 aromatic carbocycles. The van der Waals surface area contributed by atoms with E-state index in [-0.39, 0.29) is 5.91 Å². The second kappa shape index (κ2) is 12.1. The van der Waals surface area contributed by atoms with Crippen molar-refractivity contribution in [2.75, 3.05) is 24.5 Å². The van der Waals surface area contributed by atoms with Gasteiger partial charge >= 0.3 is 0 Å². The van der Waals surface area contributed by atoms with Crippen molar-refractivity contribution >= 4 is 28.9 Å². The minimum atomic E-state index is 0.0549. The van der Waals surface area contributed by atoms with Gasteiger partial charge < -0.3 is 16.0 Å². The summed E-state index contributed by atoms with van der Waals surface area (Å²) in [6, 6.07) is 16.7. The fourth-order valence-corrected chi connectivity index (χ4v) is 4.27. The zero-order valence-electron chi connectivity index (χ0n) is 18.6. The summed E-state index contributed by atoms with van der Waals surface area (Å²) in [7, 11) is 0. The van der Waals surface area contributed by atoms with Crippen LogP contribution in [0.15, 0.2) is 95.4 Å². The Hall–Kier alpha value is -3.02. The number of nitrogens with zero attached hydrogens (tertiary/aromatic N) is 1. The summed E-state index contributed by atoms with van der Waals surface area (Å²) in [5, 5.41) is 2.82. The Morgan fingerprint density at radius 1 is 1.19 bits per heavy atom. The van der Waals surface area contributed by atoms with Gasteiger partial charge in [0, 0.05) is 53.3 Å². The van der Waals surface area contributed by atoms with E-state index in [1.807, 2.05) is 12.1 Å². The molecule has 0 atom stereocenters. The molecule has 0 spiro atoms. The summed E-state index contributed by atoms with van der Waals surface area (Å²) in [6.45, 7) is 8.08. The zero-order chi connectivity index (χ0) is 22.8. The van der Waals surface area contributed by atoms with Crippen molar-refractivity contribution in [3.8, 4) is 0 Å². The van der Waals surface area contributed by atoms with E-state index in [4.69, 9.17) is 5.73 Å². The van der Waals surface area contributed by atoms with E-state index in [1.54, 1.807) is 11.8 Å². The molecule has 0 unspecified atom stereocenters. The lowest BCUT2D eigenvalue weighted by Crippen LogP contribution is -2.30. The lowest BCUT2D eigenvalue weighted by atomic mass is 9.99. The van der Waals surface area contributed by atoms with Crippen LogP contribution in [0, 0.1) is 6.92 Å². The van der Waals surface area contributed by atoms with Gasteiger partial charge in [-0.3, -0.25) is 4.79 Å². The fourth-order valence-electron chi connectivity index (χ4n) is 3.46. The third kappa shape index (κ3) is 6.74. The number of carbonyl (C=O) groups is 1. The van der Waals surface area contributed by atoms with Crippen LogP contribution >= 0.6 is 11.8 Å². The minimum Gasteiger partial charge on any atom is -0.355 e. The smallest absolute Gasteiger partial charge is 0.220 e. The van der Waals surface area contributed by atoms with Crippen LogP contribution < -0.4 is 16.0 Å². The molecule has 5 heteroatoms. The van der Waals surface area contributed by atoms with Gasteiger partial charge in [-0.1, -0.05) is 66.9 Å². The van der Waals surface area contributed by atoms with Crippen LogP contribution in [-0.4, -0.2) is 25.5 Å². The fraction of sp³-hybridized carbons (Fsp3) is 0.222. The van der Waals surface area contributed by atoms with Crippen LogP contribution in [0.4, 0.5) is 5.69 Å². The quantitative estimate of drug-likeness (QED) is 0.378. The summed E-state index contributed by atoms with van der Waals surface area (Å²) in [5.74, 6) is 0.0549. The van der Waals surface area contributed by atoms with Crippen molar-refractivity contribution in [3.63, 3.8) is 0 Å². The van der Waals surface area contributed by atoms with Crippen molar-refractivity contribution in [3.05, 3.63) is 102 Å². The van der Waals surface area contributed by atoms with Gasteiger partial charge in [-0.05, 0) is 48.8 Å². The molecule has 1 aliphatic rings. The lowest BCUT2D eigenvalue weighted by Gasteiger charge is -2.27. The third-order valence-electron chi connectivity index (χ3n) is 5.12. The van der Waals surface area contributed by atoms with Crippen LogP contribution in [-0.2, 0) is 4.79 Å². The molecule has 0 aromatic heterocycles. The first kappa shape index (κ1) is 23.6. The molecule has 1 amide bonds. The van der Waals surface area contributed by atoms with Crippen molar-refractivity contribution in [1.82, 2.24) is 5.32 Å². The molecule has 1 aliphatic heterocycles. The van der Waals surface area contributed by atoms with Gasteiger partial charge in [0.05, 0.1) is 0 Å². The number of nitrogens with two attached hydrogens (primary N) is 1. The molecule has 32 heavy (non-hydrogen) atoms. The second-order valence-corrected chi connectivity index (χ2v) is 8.75. The van der Waals surface area contributed by atoms with E-state index in [0.717, 1.165) is 29.1 Å². The van der Waals surface area contributed by atoms with Crippen molar-refractivity contribution in [1.29, 1.82) is 0 Å². The minimum absolute atomic E-state index is 0.0549. The van der Waals surface area contributed by atoms with Crippen LogP contribution in [0.5, 0.6) is 0 Å². The Morgan fingerprint density at radius 2 is 1.97 bits per heavy atom. The molecule has 0 bridgehead atoms. The summed E-state index contributed by atoms with van der Waals surface area (Å²) >= 11 is 1.68. The summed E-state index contributed by atoms with van der Waals surface area (Å²) < 4.78 is 0. The average molecular weight is 446 g/mol. The van der Waals surface area contributed by atoms with Crippen LogP contribution in [0.3, 0.4) is 0 Å². The van der Waals surface area contributed by atoms with Gasteiger partial charge in [-0.25, -0.2) is 0 Å². The van der Waals surface area contributed by atoms with Crippen LogP contribution in [0.1, 0.15) is 24.0 Å². The molecule has 2 aromatic rings. The number of para-hydroxylation sites is 1. The van der Waals surface area contributed by atoms with Gasteiger partial charge in [0.25, 0.3) is 0 Å². The number of rotatable bonds is 10. The van der Waals surface area contributed by atoms with Crippen molar-refractivity contribution < 1.29 is 4.79 Å². The summed E-state index contributed by atoms with van der Waals surface area (Å²) in [6.07, 6.45) is 11.7. The highest BCUT2D eigenvalue weighted by molar-refractivity contribution is 8.03. The van der Waals surface area contributed by atoms with Gasteiger partial charge in [-0.2, -0.15) is 0 Å². The number of benzene rings is 2. The monoisotopic (exact) mass is 445 g/mol. The molecule has 4 nitrogen and oxygen atoms in total. The number of amides is 1. The van der Waals surface area contributed by atoms with Crippen LogP contribution in [0.25, 0.3) is 5.57 Å². The number of thioether (sulfide) groups is 1. The normalized spacial score (nSPS) is 14.1. The Kier molecular flexibility index (Phi) is 8.96. The van der Waals surface area contributed by atoms with E-state index >= 15 is 0 Å². The number of hydrogen-bond donors (Lipinski definition) is 2. The van der Waals surface area contributed by atoms with E-state index in [1.165, 1.54) is 16.0 Å². The van der Waals surface area contributed by atoms with Gasteiger partial charge in [-0.15, -0.1) is 0 Å². The second-order valence-electron chi connectivity index (χ2n) is 7.58. The first-order chi connectivity index (χ1) is 15.6. The number of anilines is 1. The molecule has 0 radical (unpaired) electrons. The van der Waals surface area contributed by atoms with E-state index in [2.05, 4.69) is 90.6 Å². The molecule has 166 valence electrons. The number of hydrogen-bond acceptors (Lipinski definition) is 4. The highest BCUT2D eigenvalue weighted by Crippen LogP contribution is 2.33. The standard InChI is InChI=1S/C27H31N3OS/c1-21-9-3-6-14-26(21)32-22(2)10-7-11-23-16-20-30(25-13-5-4-12-24(23)25)19-8-15-27(31)29-18-17-28/h3-7,9-14,16,20H,2,8,15,17-19,28H2,1H3,(H,29,31)/b10-7+,23-11+. The molecular formula is C27H31N3OS. The number of fused-ring (bicyclic) bond motifs is 1. The molecule has 3 N–H and O–H groups in total. The first-order valence-electron chi connectivity index (χ1n) is 10.9.